The predicted octanol–water partition coefficient (Wildman–Crippen LogP) is 2.89. The van der Waals surface area contributed by atoms with E-state index in [9.17, 15) is 18.9 Å². The van der Waals surface area contributed by atoms with Crippen molar-refractivity contribution >= 4 is 38.7 Å². The lowest BCUT2D eigenvalue weighted by atomic mass is 9.99. The van der Waals surface area contributed by atoms with Gasteiger partial charge in [-0.1, -0.05) is 6.07 Å². The Morgan fingerprint density at radius 1 is 1.23 bits per heavy atom. The summed E-state index contributed by atoms with van der Waals surface area (Å²) in [7, 11) is -3.47. The number of thiazole rings is 1. The first kappa shape index (κ1) is 21.9. The first-order chi connectivity index (χ1) is 14.6. The van der Waals surface area contributed by atoms with E-state index in [0.717, 1.165) is 66.7 Å². The number of rotatable bonds is 5. The summed E-state index contributed by atoms with van der Waals surface area (Å²) in [5.41, 5.74) is 9.63. The number of hydrogen-bond acceptors (Lipinski definition) is 6. The number of aromatic nitrogens is 1. The summed E-state index contributed by atoms with van der Waals surface area (Å²) in [5.74, 6) is -1.43. The monoisotopic (exact) mass is 462 g/mol. The van der Waals surface area contributed by atoms with Crippen molar-refractivity contribution in [1.82, 2.24) is 4.98 Å². The molecule has 31 heavy (non-hydrogen) atoms. The molecule has 10 heteroatoms. The Balaban J connectivity index is 1.72. The summed E-state index contributed by atoms with van der Waals surface area (Å²) in [5, 5.41) is 13.3. The number of aliphatic hydroxyl groups is 1. The minimum Gasteiger partial charge on any atom is -0.383 e. The molecule has 0 aliphatic heterocycles. The maximum atomic E-state index is 13.6. The van der Waals surface area contributed by atoms with Crippen molar-refractivity contribution in [2.45, 2.75) is 62.2 Å². The van der Waals surface area contributed by atoms with Gasteiger partial charge in [-0.05, 0) is 74.6 Å². The smallest absolute Gasteiger partial charge is 0.353 e. The number of nitrogens with zero attached hydrogens (tertiary/aromatic N) is 2. The van der Waals surface area contributed by atoms with Crippen LogP contribution in [0, 0.1) is 0 Å². The molecule has 0 saturated heterocycles. The van der Waals surface area contributed by atoms with Crippen LogP contribution < -0.4 is 11.1 Å². The molecule has 2 aliphatic carbocycles. The molecule has 0 radical (unpaired) electrons. The van der Waals surface area contributed by atoms with Crippen LogP contribution in [0.15, 0.2) is 20.8 Å². The normalized spacial score (nSPS) is 17.0. The van der Waals surface area contributed by atoms with Crippen molar-refractivity contribution in [2.24, 2.45) is 10.1 Å². The number of amides is 3. The second kappa shape index (κ2) is 7.99. The average Bonchev–Trinajstić information content (AvgIpc) is 3.40. The van der Waals surface area contributed by atoms with Crippen LogP contribution in [0.2, 0.25) is 0 Å². The Hall–Kier alpha value is -2.30. The molecule has 1 heterocycles. The molecule has 0 spiro atoms. The fourth-order valence-electron chi connectivity index (χ4n) is 4.26. The number of fused-ring (bicyclic) bond motifs is 2. The van der Waals surface area contributed by atoms with Gasteiger partial charge in [0, 0.05) is 5.69 Å². The van der Waals surface area contributed by atoms with E-state index in [2.05, 4.69) is 20.7 Å². The summed E-state index contributed by atoms with van der Waals surface area (Å²) in [4.78, 5) is 28.6. The second-order valence-electron chi connectivity index (χ2n) is 8.55. The summed E-state index contributed by atoms with van der Waals surface area (Å²) in [6.45, 7) is 3.10. The van der Waals surface area contributed by atoms with Crippen molar-refractivity contribution in [3.05, 3.63) is 39.5 Å². The van der Waals surface area contributed by atoms with Crippen LogP contribution in [-0.4, -0.2) is 32.0 Å². The molecule has 0 fully saturated rings. The molecule has 166 valence electrons. The molecule has 0 saturated carbocycles. The maximum absolute atomic E-state index is 13.6. The number of nitrogens with two attached hydrogens (primary N) is 1. The Morgan fingerprint density at radius 2 is 1.84 bits per heavy atom. The van der Waals surface area contributed by atoms with Gasteiger partial charge in [0.2, 0.25) is 5.91 Å². The molecule has 2 aliphatic rings. The highest BCUT2D eigenvalue weighted by Crippen LogP contribution is 2.39. The number of hydrogen-bond donors (Lipinski definition) is 3. The van der Waals surface area contributed by atoms with Crippen LogP contribution in [0.5, 0.6) is 0 Å². The fraction of sp³-hybridized carbons (Fsp3) is 0.476. The number of carbonyl (C=O) groups is 2. The van der Waals surface area contributed by atoms with Gasteiger partial charge in [0.05, 0.1) is 6.20 Å². The third kappa shape index (κ3) is 4.37. The molecule has 4 rings (SSSR count). The van der Waals surface area contributed by atoms with Gasteiger partial charge in [0.15, 0.2) is 0 Å². The minimum absolute atomic E-state index is 0.141. The number of aryl methyl sites for hydroxylation is 2. The Kier molecular flexibility index (Phi) is 5.65. The van der Waals surface area contributed by atoms with Crippen molar-refractivity contribution in [3.8, 4) is 0 Å². The average molecular weight is 463 g/mol. The van der Waals surface area contributed by atoms with E-state index in [1.807, 2.05) is 0 Å². The first-order valence-electron chi connectivity index (χ1n) is 10.3. The standard InChI is InChI=1S/C21H26N4O4S2/c1-21(2,28)19-23-10-17(30-19)31(29,11-16(22)26)25-20(27)24-18-14-7-3-5-12(14)9-13-6-4-8-15(13)18/h9-10,28H,3-8,11H2,1-2H3,(H2,22,26)(H,24,27). The van der Waals surface area contributed by atoms with E-state index in [-0.39, 0.29) is 4.21 Å². The lowest BCUT2D eigenvalue weighted by Crippen LogP contribution is -2.24. The number of anilines is 1. The molecule has 1 atom stereocenters. The van der Waals surface area contributed by atoms with Crippen LogP contribution in [0.1, 0.15) is 54.0 Å². The largest absolute Gasteiger partial charge is 0.383 e. The molecule has 1 unspecified atom stereocenters. The van der Waals surface area contributed by atoms with Gasteiger partial charge in [0.25, 0.3) is 0 Å². The van der Waals surface area contributed by atoms with E-state index in [1.165, 1.54) is 17.3 Å². The Labute approximate surface area is 185 Å². The summed E-state index contributed by atoms with van der Waals surface area (Å²) >= 11 is 0.959. The van der Waals surface area contributed by atoms with Crippen LogP contribution in [0.25, 0.3) is 0 Å². The van der Waals surface area contributed by atoms with Gasteiger partial charge in [-0.2, -0.15) is 0 Å². The van der Waals surface area contributed by atoms with E-state index in [1.54, 1.807) is 13.8 Å². The highest BCUT2D eigenvalue weighted by molar-refractivity contribution is 7.96. The van der Waals surface area contributed by atoms with Gasteiger partial charge < -0.3 is 16.2 Å². The van der Waals surface area contributed by atoms with Crippen LogP contribution in [0.4, 0.5) is 10.5 Å². The highest BCUT2D eigenvalue weighted by atomic mass is 32.2. The van der Waals surface area contributed by atoms with Gasteiger partial charge in [0.1, 0.15) is 30.3 Å². The lowest BCUT2D eigenvalue weighted by Gasteiger charge is -2.15. The molecule has 8 nitrogen and oxygen atoms in total. The minimum atomic E-state index is -3.47. The van der Waals surface area contributed by atoms with Gasteiger partial charge >= 0.3 is 6.03 Å². The zero-order valence-corrected chi connectivity index (χ0v) is 19.2. The molecule has 1 aromatic heterocycles. The predicted molar refractivity (Wildman–Crippen MR) is 120 cm³/mol. The third-order valence-electron chi connectivity index (χ3n) is 5.60. The van der Waals surface area contributed by atoms with Crippen molar-refractivity contribution in [2.75, 3.05) is 11.1 Å². The maximum Gasteiger partial charge on any atom is 0.353 e. The molecule has 2 aromatic rings. The molecular formula is C21H26N4O4S2. The fourth-order valence-corrected chi connectivity index (χ4v) is 7.17. The molecule has 1 aromatic carbocycles. The zero-order chi connectivity index (χ0) is 22.4. The molecule has 0 bridgehead atoms. The first-order valence-corrected chi connectivity index (χ1v) is 12.8. The topological polar surface area (TPSA) is 135 Å². The number of benzene rings is 1. The van der Waals surface area contributed by atoms with Gasteiger partial charge in [-0.15, -0.1) is 15.7 Å². The quantitative estimate of drug-likeness (QED) is 0.628. The zero-order valence-electron chi connectivity index (χ0n) is 17.6. The Morgan fingerprint density at radius 3 is 2.35 bits per heavy atom. The third-order valence-corrected chi connectivity index (χ3v) is 9.60. The molecule has 4 N–H and O–H groups in total. The van der Waals surface area contributed by atoms with Crippen molar-refractivity contribution in [1.29, 1.82) is 0 Å². The molecular weight excluding hydrogens is 436 g/mol. The van der Waals surface area contributed by atoms with E-state index in [4.69, 9.17) is 5.73 Å². The number of primary amides is 1. The van der Waals surface area contributed by atoms with Crippen LogP contribution >= 0.6 is 11.3 Å². The van der Waals surface area contributed by atoms with Crippen molar-refractivity contribution < 1.29 is 18.9 Å². The van der Waals surface area contributed by atoms with Gasteiger partial charge in [-0.25, -0.2) is 14.0 Å². The summed E-state index contributed by atoms with van der Waals surface area (Å²) < 4.78 is 17.6. The second-order valence-corrected chi connectivity index (χ2v) is 12.0. The van der Waals surface area contributed by atoms with Gasteiger partial charge in [-0.3, -0.25) is 4.79 Å². The lowest BCUT2D eigenvalue weighted by molar-refractivity contribution is -0.115. The van der Waals surface area contributed by atoms with Crippen LogP contribution in [0.3, 0.4) is 0 Å². The number of urea groups is 1. The summed E-state index contributed by atoms with van der Waals surface area (Å²) in [6.07, 6.45) is 7.12. The van der Waals surface area contributed by atoms with E-state index in [0.29, 0.717) is 5.01 Å². The van der Waals surface area contributed by atoms with Crippen molar-refractivity contribution in [3.63, 3.8) is 0 Å². The SMILES string of the molecule is CC(C)(O)c1ncc(S(=O)(CC(N)=O)=NC(=O)Nc2c3c(cc4c2CCC4)CCC3)s1. The number of nitrogens with one attached hydrogen (secondary N) is 1. The Bertz CT molecular complexity index is 1150. The van der Waals surface area contributed by atoms with Crippen LogP contribution in [-0.2, 0) is 45.8 Å². The molecule has 3 amide bonds. The van der Waals surface area contributed by atoms with E-state index >= 15 is 0 Å². The summed E-state index contributed by atoms with van der Waals surface area (Å²) in [6, 6.07) is 1.49. The highest BCUT2D eigenvalue weighted by Gasteiger charge is 2.28. The van der Waals surface area contributed by atoms with E-state index < -0.39 is 33.0 Å². The number of carbonyl (C=O) groups excluding carboxylic acids is 2.